The zero-order chi connectivity index (χ0) is 57.0. The molecule has 4 aliphatic heterocycles. The number of methoxy groups -OCH3 is 3. The van der Waals surface area contributed by atoms with Crippen molar-refractivity contribution in [1.29, 1.82) is 0 Å². The van der Waals surface area contributed by atoms with Gasteiger partial charge in [-0.2, -0.15) is 0 Å². The maximum atomic E-state index is 14.0. The van der Waals surface area contributed by atoms with Gasteiger partial charge in [-0.05, 0) is 108 Å². The van der Waals surface area contributed by atoms with E-state index in [0.29, 0.717) is 50.5 Å². The van der Waals surface area contributed by atoms with Crippen LogP contribution in [0.1, 0.15) is 117 Å². The van der Waals surface area contributed by atoms with Crippen molar-refractivity contribution in [2.45, 2.75) is 247 Å². The molecule has 29 atom stereocenters. The number of rotatable bonds is 16. The van der Waals surface area contributed by atoms with E-state index in [1.165, 1.54) is 14.0 Å². The fourth-order valence-corrected chi connectivity index (χ4v) is 15.9. The van der Waals surface area contributed by atoms with E-state index in [4.69, 9.17) is 61.6 Å². The first kappa shape index (κ1) is 61.0. The van der Waals surface area contributed by atoms with Crippen LogP contribution in [0.3, 0.4) is 0 Å². The minimum Gasteiger partial charge on any atom is -0.458 e. The molecule has 1 aromatic rings. The molecule has 1 aromatic carbocycles. The summed E-state index contributed by atoms with van der Waals surface area (Å²) >= 11 is 0. The highest BCUT2D eigenvalue weighted by atomic mass is 16.8. The van der Waals surface area contributed by atoms with Gasteiger partial charge in [-0.1, -0.05) is 32.0 Å². The van der Waals surface area contributed by atoms with Crippen molar-refractivity contribution >= 4 is 11.9 Å². The Morgan fingerprint density at radius 1 is 0.671 bits per heavy atom. The van der Waals surface area contributed by atoms with Gasteiger partial charge < -0.3 is 97.3 Å². The number of hydrogen-bond donors (Lipinski definition) is 7. The van der Waals surface area contributed by atoms with Gasteiger partial charge >= 0.3 is 11.9 Å². The van der Waals surface area contributed by atoms with E-state index in [2.05, 4.69) is 6.92 Å². The molecule has 0 spiro atoms. The molecule has 0 aromatic heterocycles. The zero-order valence-electron chi connectivity index (χ0n) is 47.2. The van der Waals surface area contributed by atoms with Crippen molar-refractivity contribution in [2.24, 2.45) is 34.5 Å². The lowest BCUT2D eigenvalue weighted by Gasteiger charge is -2.67. The molecule has 29 unspecified atom stereocenters. The van der Waals surface area contributed by atoms with Gasteiger partial charge in [0.05, 0.1) is 60.5 Å². The minimum absolute atomic E-state index is 0.106. The molecule has 7 N–H and O–H groups in total. The van der Waals surface area contributed by atoms with Crippen LogP contribution < -0.4 is 0 Å². The molecule has 22 nitrogen and oxygen atoms in total. The van der Waals surface area contributed by atoms with Crippen molar-refractivity contribution in [3.8, 4) is 0 Å². The van der Waals surface area contributed by atoms with Gasteiger partial charge in [-0.3, -0.25) is 4.79 Å². The number of carbonyl (C=O) groups is 2. The monoisotopic (exact) mass is 1120 g/mol. The van der Waals surface area contributed by atoms with Crippen molar-refractivity contribution in [2.75, 3.05) is 27.9 Å². The van der Waals surface area contributed by atoms with Crippen molar-refractivity contribution in [3.63, 3.8) is 0 Å². The lowest BCUT2D eigenvalue weighted by molar-refractivity contribution is -0.373. The first-order valence-corrected chi connectivity index (χ1v) is 28.5. The SMILES string of the molecule is COC1CC(OC2CCC3(C)C(CCC4C3C(OC(C)=O)C(OC(=O)c3ccccc3)C3(C)C(C(C)O)CCC43O)C2)OC(C)C1OC1CC(OC)C(OC2OC(C)C(OC3OC(CO)C(O)C(O)C3O)C(OC)C2O)C(C)O1. The van der Waals surface area contributed by atoms with Crippen LogP contribution in [0.5, 0.6) is 0 Å². The predicted molar refractivity (Wildman–Crippen MR) is 274 cm³/mol. The Balaban J connectivity index is 0.824. The molecular weight excluding hydrogens is 1040 g/mol. The third-order valence-electron chi connectivity index (χ3n) is 20.0. The van der Waals surface area contributed by atoms with Crippen molar-refractivity contribution in [1.82, 2.24) is 0 Å². The second-order valence-corrected chi connectivity index (χ2v) is 24.3. The van der Waals surface area contributed by atoms with E-state index in [9.17, 15) is 45.3 Å². The van der Waals surface area contributed by atoms with E-state index >= 15 is 0 Å². The van der Waals surface area contributed by atoms with Crippen LogP contribution in [0.25, 0.3) is 0 Å². The summed E-state index contributed by atoms with van der Waals surface area (Å²) in [5.41, 5.74) is -2.53. The maximum absolute atomic E-state index is 14.0. The predicted octanol–water partition coefficient (Wildman–Crippen LogP) is 2.28. The Morgan fingerprint density at radius 3 is 1.89 bits per heavy atom. The number of aliphatic hydroxyl groups is 7. The number of aliphatic hydroxyl groups excluding tert-OH is 6. The van der Waals surface area contributed by atoms with Gasteiger partial charge in [0, 0.05) is 52.4 Å². The summed E-state index contributed by atoms with van der Waals surface area (Å²) in [4.78, 5) is 27.2. The maximum Gasteiger partial charge on any atom is 0.338 e. The standard InChI is InChI=1S/C57H88O22/c1-26(59)34-19-21-57(66)35-17-16-32-22-33(18-20-55(32,6)41(35)49(73-30(5)60)51(56(34,57)7)79-52(65)31-14-12-11-13-15-31)74-39-23-36(67-8)46(27(2)70-39)76-40-24-37(68-9)47(28(3)71-40)77-54-45(64)50(69-10)48(29(4)72-54)78-53-44(63)43(62)42(61)38(25-58)75-53/h11-15,26-29,32-51,53-54,58-59,61-64,66H,16-25H2,1-10H3. The third-order valence-corrected chi connectivity index (χ3v) is 20.0. The first-order valence-electron chi connectivity index (χ1n) is 28.5. The molecule has 8 aliphatic rings. The molecule has 79 heavy (non-hydrogen) atoms. The Labute approximate surface area is 462 Å². The molecular formula is C57H88O22. The van der Waals surface area contributed by atoms with E-state index in [1.807, 2.05) is 19.9 Å². The van der Waals surface area contributed by atoms with E-state index in [-0.39, 0.29) is 30.3 Å². The Hall–Kier alpha value is -2.56. The third kappa shape index (κ3) is 11.3. The summed E-state index contributed by atoms with van der Waals surface area (Å²) in [7, 11) is 4.53. The summed E-state index contributed by atoms with van der Waals surface area (Å²) in [6.45, 7) is 12.0. The van der Waals surface area contributed by atoms with Gasteiger partial charge in [-0.15, -0.1) is 0 Å². The van der Waals surface area contributed by atoms with E-state index in [1.54, 1.807) is 59.3 Å². The van der Waals surface area contributed by atoms with Gasteiger partial charge in [0.15, 0.2) is 25.2 Å². The Kier molecular flexibility index (Phi) is 19.0. The van der Waals surface area contributed by atoms with Crippen LogP contribution in [0, 0.1) is 34.5 Å². The zero-order valence-corrected chi connectivity index (χ0v) is 47.2. The van der Waals surface area contributed by atoms with Crippen molar-refractivity contribution in [3.05, 3.63) is 35.9 Å². The second-order valence-electron chi connectivity index (χ2n) is 24.3. The highest BCUT2D eigenvalue weighted by Crippen LogP contribution is 2.70. The summed E-state index contributed by atoms with van der Waals surface area (Å²) in [6.07, 6.45) is -15.9. The molecule has 0 bridgehead atoms. The summed E-state index contributed by atoms with van der Waals surface area (Å²) in [6, 6.07) is 8.68. The summed E-state index contributed by atoms with van der Waals surface area (Å²) in [5.74, 6) is -2.04. The molecule has 8 fully saturated rings. The molecule has 0 amide bonds. The van der Waals surface area contributed by atoms with Gasteiger partial charge in [0.1, 0.15) is 67.1 Å². The highest BCUT2D eigenvalue weighted by molar-refractivity contribution is 5.89. The van der Waals surface area contributed by atoms with Crippen LogP contribution in [0.15, 0.2) is 30.3 Å². The largest absolute Gasteiger partial charge is 0.458 e. The Morgan fingerprint density at radius 2 is 1.28 bits per heavy atom. The molecule has 0 radical (unpaired) electrons. The van der Waals surface area contributed by atoms with Crippen molar-refractivity contribution < 1.29 is 107 Å². The molecule has 4 heterocycles. The van der Waals surface area contributed by atoms with E-state index < -0.39 is 170 Å². The van der Waals surface area contributed by atoms with Crippen LogP contribution in [-0.2, 0) is 66.4 Å². The van der Waals surface area contributed by atoms with Crippen LogP contribution in [0.4, 0.5) is 0 Å². The molecule has 9 rings (SSSR count). The van der Waals surface area contributed by atoms with Crippen LogP contribution in [-0.4, -0.2) is 216 Å². The van der Waals surface area contributed by atoms with Gasteiger partial charge in [-0.25, -0.2) is 4.79 Å². The molecule has 4 saturated heterocycles. The number of benzene rings is 1. The number of carbonyl (C=O) groups excluding carboxylic acids is 2. The average molecular weight is 1130 g/mol. The van der Waals surface area contributed by atoms with Crippen LogP contribution in [0.2, 0.25) is 0 Å². The second kappa shape index (κ2) is 24.6. The van der Waals surface area contributed by atoms with E-state index in [0.717, 1.165) is 6.42 Å². The number of esters is 2. The minimum atomic E-state index is -1.68. The lowest BCUT2D eigenvalue weighted by atomic mass is 9.41. The fourth-order valence-electron chi connectivity index (χ4n) is 15.9. The highest BCUT2D eigenvalue weighted by Gasteiger charge is 2.76. The smallest absolute Gasteiger partial charge is 0.338 e. The number of hydrogen-bond acceptors (Lipinski definition) is 22. The number of ether oxygens (including phenoxy) is 13. The number of fused-ring (bicyclic) bond motifs is 5. The molecule has 448 valence electrons. The molecule has 4 aliphatic carbocycles. The first-order chi connectivity index (χ1) is 37.5. The quantitative estimate of drug-likeness (QED) is 0.0923. The lowest BCUT2D eigenvalue weighted by Crippen LogP contribution is -2.73. The fraction of sp³-hybridized carbons (Fsp3) is 0.860. The van der Waals surface area contributed by atoms with Gasteiger partial charge in [0.25, 0.3) is 0 Å². The summed E-state index contributed by atoms with van der Waals surface area (Å²) < 4.78 is 81.2. The van der Waals surface area contributed by atoms with Crippen LogP contribution >= 0.6 is 0 Å². The molecule has 4 saturated carbocycles. The Bertz CT molecular complexity index is 2190. The topological polar surface area (TPSA) is 296 Å². The van der Waals surface area contributed by atoms with Gasteiger partial charge in [0.2, 0.25) is 0 Å². The average Bonchev–Trinajstić information content (AvgIpc) is 2.45. The normalized spacial score (nSPS) is 49.4. The summed E-state index contributed by atoms with van der Waals surface area (Å²) in [5, 5.41) is 76.9. The molecule has 22 heteroatoms.